The minimum atomic E-state index is -3.36. The normalized spacial score (nSPS) is 15.6. The lowest BCUT2D eigenvalue weighted by atomic mass is 10.1. The molecule has 0 N–H and O–H groups in total. The highest BCUT2D eigenvalue weighted by atomic mass is 32.2. The Bertz CT molecular complexity index is 870. The Kier molecular flexibility index (Phi) is 3.85. The van der Waals surface area contributed by atoms with E-state index < -0.39 is 15.8 Å². The minimum absolute atomic E-state index is 0.0566. The zero-order valence-electron chi connectivity index (χ0n) is 12.8. The number of hydrogen-bond donors (Lipinski definition) is 0. The average molecular weight is 336 g/mol. The van der Waals surface area contributed by atoms with Crippen LogP contribution in [0.3, 0.4) is 0 Å². The highest BCUT2D eigenvalue weighted by Gasteiger charge is 2.29. The zero-order valence-corrected chi connectivity index (χ0v) is 13.6. The summed E-state index contributed by atoms with van der Waals surface area (Å²) in [7, 11) is -3.36. The summed E-state index contributed by atoms with van der Waals surface area (Å²) in [5, 5.41) is 4.03. The van der Waals surface area contributed by atoms with E-state index in [9.17, 15) is 13.2 Å². The SMILES string of the molecule is CCn1nccc1OC(=O)c1ccc2c(c1C)OCCS2(=O)=O. The van der Waals surface area contributed by atoms with Gasteiger partial charge in [0.05, 0.1) is 17.5 Å². The number of hydrogen-bond acceptors (Lipinski definition) is 6. The molecule has 3 rings (SSSR count). The first-order chi connectivity index (χ1) is 10.9. The van der Waals surface area contributed by atoms with Gasteiger partial charge in [-0.05, 0) is 26.0 Å². The van der Waals surface area contributed by atoms with Gasteiger partial charge in [-0.15, -0.1) is 0 Å². The number of aromatic nitrogens is 2. The van der Waals surface area contributed by atoms with Gasteiger partial charge in [0.2, 0.25) is 5.88 Å². The van der Waals surface area contributed by atoms with Crippen LogP contribution in [0.1, 0.15) is 22.8 Å². The fraction of sp³-hybridized carbons (Fsp3) is 0.333. The van der Waals surface area contributed by atoms with E-state index in [1.165, 1.54) is 12.1 Å². The van der Waals surface area contributed by atoms with Crippen LogP contribution in [-0.4, -0.2) is 36.5 Å². The molecule has 2 heterocycles. The second-order valence-electron chi connectivity index (χ2n) is 5.11. The predicted molar refractivity (Wildman–Crippen MR) is 81.6 cm³/mol. The van der Waals surface area contributed by atoms with Crippen LogP contribution in [0.25, 0.3) is 0 Å². The van der Waals surface area contributed by atoms with Crippen molar-refractivity contribution in [2.24, 2.45) is 0 Å². The second kappa shape index (κ2) is 5.69. The predicted octanol–water partition coefficient (Wildman–Crippen LogP) is 1.60. The van der Waals surface area contributed by atoms with Crippen molar-refractivity contribution in [3.63, 3.8) is 0 Å². The summed E-state index contributed by atoms with van der Waals surface area (Å²) in [5.74, 6) is -0.0660. The molecule has 0 radical (unpaired) electrons. The minimum Gasteiger partial charge on any atom is -0.491 e. The van der Waals surface area contributed by atoms with E-state index >= 15 is 0 Å². The van der Waals surface area contributed by atoms with Crippen molar-refractivity contribution >= 4 is 15.8 Å². The van der Waals surface area contributed by atoms with Gasteiger partial charge >= 0.3 is 5.97 Å². The van der Waals surface area contributed by atoms with Crippen LogP contribution in [0.5, 0.6) is 11.6 Å². The molecule has 7 nitrogen and oxygen atoms in total. The van der Waals surface area contributed by atoms with Gasteiger partial charge in [0.15, 0.2) is 9.84 Å². The van der Waals surface area contributed by atoms with E-state index in [4.69, 9.17) is 9.47 Å². The summed E-state index contributed by atoms with van der Waals surface area (Å²) in [4.78, 5) is 12.5. The van der Waals surface area contributed by atoms with E-state index in [1.54, 1.807) is 23.9 Å². The number of benzene rings is 1. The molecule has 2 aromatic rings. The van der Waals surface area contributed by atoms with Crippen LogP contribution >= 0.6 is 0 Å². The molecule has 0 atom stereocenters. The molecule has 8 heteroatoms. The van der Waals surface area contributed by atoms with Crippen LogP contribution in [0.4, 0.5) is 0 Å². The van der Waals surface area contributed by atoms with Crippen molar-refractivity contribution < 1.29 is 22.7 Å². The largest absolute Gasteiger partial charge is 0.491 e. The average Bonchev–Trinajstić information content (AvgIpc) is 2.95. The van der Waals surface area contributed by atoms with Gasteiger partial charge in [0.1, 0.15) is 17.3 Å². The van der Waals surface area contributed by atoms with Gasteiger partial charge in [-0.1, -0.05) is 0 Å². The van der Waals surface area contributed by atoms with Gasteiger partial charge < -0.3 is 9.47 Å². The van der Waals surface area contributed by atoms with Gasteiger partial charge in [0.25, 0.3) is 0 Å². The fourth-order valence-corrected chi connectivity index (χ4v) is 3.76. The van der Waals surface area contributed by atoms with E-state index in [1.807, 2.05) is 6.92 Å². The summed E-state index contributed by atoms with van der Waals surface area (Å²) in [6.45, 7) is 4.18. The first kappa shape index (κ1) is 15.5. The molecular formula is C15H16N2O5S. The summed E-state index contributed by atoms with van der Waals surface area (Å²) < 4.78 is 36.4. The molecule has 1 aromatic carbocycles. The molecule has 0 bridgehead atoms. The Morgan fingerprint density at radius 1 is 1.39 bits per heavy atom. The molecule has 122 valence electrons. The van der Waals surface area contributed by atoms with Crippen LogP contribution in [0.2, 0.25) is 0 Å². The molecule has 0 fully saturated rings. The Hall–Kier alpha value is -2.35. The number of carbonyl (C=O) groups is 1. The summed E-state index contributed by atoms with van der Waals surface area (Å²) >= 11 is 0. The molecule has 0 amide bonds. The lowest BCUT2D eigenvalue weighted by Crippen LogP contribution is -2.23. The number of fused-ring (bicyclic) bond motifs is 1. The van der Waals surface area contributed by atoms with Crippen molar-refractivity contribution in [1.82, 2.24) is 9.78 Å². The molecule has 1 aromatic heterocycles. The third kappa shape index (κ3) is 2.70. The number of esters is 1. The van der Waals surface area contributed by atoms with E-state index in [0.29, 0.717) is 18.0 Å². The summed E-state index contributed by atoms with van der Waals surface area (Å²) in [6, 6.07) is 4.44. The Balaban J connectivity index is 1.97. The van der Waals surface area contributed by atoms with Crippen LogP contribution < -0.4 is 9.47 Å². The summed E-state index contributed by atoms with van der Waals surface area (Å²) in [5.41, 5.74) is 0.725. The second-order valence-corrected chi connectivity index (χ2v) is 7.19. The summed E-state index contributed by atoms with van der Waals surface area (Å²) in [6.07, 6.45) is 1.54. The molecule has 1 aliphatic rings. The van der Waals surface area contributed by atoms with Crippen molar-refractivity contribution in [3.8, 4) is 11.6 Å². The number of carbonyl (C=O) groups excluding carboxylic acids is 1. The van der Waals surface area contributed by atoms with Gasteiger partial charge in [-0.25, -0.2) is 17.9 Å². The van der Waals surface area contributed by atoms with E-state index in [0.717, 1.165) is 0 Å². The molecule has 0 spiro atoms. The molecular weight excluding hydrogens is 320 g/mol. The third-order valence-electron chi connectivity index (χ3n) is 3.70. The monoisotopic (exact) mass is 336 g/mol. The highest BCUT2D eigenvalue weighted by molar-refractivity contribution is 7.91. The van der Waals surface area contributed by atoms with E-state index in [-0.39, 0.29) is 28.6 Å². The maximum Gasteiger partial charge on any atom is 0.345 e. The molecule has 0 aliphatic carbocycles. The number of sulfone groups is 1. The Morgan fingerprint density at radius 2 is 2.17 bits per heavy atom. The molecule has 0 unspecified atom stereocenters. The van der Waals surface area contributed by atoms with Crippen LogP contribution in [-0.2, 0) is 16.4 Å². The topological polar surface area (TPSA) is 87.5 Å². The Morgan fingerprint density at radius 3 is 2.91 bits per heavy atom. The number of nitrogens with zero attached hydrogens (tertiary/aromatic N) is 2. The maximum atomic E-state index is 12.4. The van der Waals surface area contributed by atoms with Crippen molar-refractivity contribution in [2.45, 2.75) is 25.3 Å². The maximum absolute atomic E-state index is 12.4. The smallest absolute Gasteiger partial charge is 0.345 e. The standard InChI is InChI=1S/C15H16N2O5S/c1-3-17-13(6-7-16-17)22-15(18)11-4-5-12-14(10(11)2)21-8-9-23(12,19)20/h4-7H,3,8-9H2,1-2H3. The zero-order chi connectivity index (χ0) is 16.6. The van der Waals surface area contributed by atoms with E-state index in [2.05, 4.69) is 5.10 Å². The Labute approximate surface area is 133 Å². The van der Waals surface area contributed by atoms with Gasteiger partial charge in [-0.2, -0.15) is 5.10 Å². The lowest BCUT2D eigenvalue weighted by Gasteiger charge is -2.20. The number of aryl methyl sites for hydroxylation is 1. The van der Waals surface area contributed by atoms with Crippen molar-refractivity contribution in [3.05, 3.63) is 35.5 Å². The first-order valence-electron chi connectivity index (χ1n) is 7.17. The van der Waals surface area contributed by atoms with Crippen LogP contribution in [0, 0.1) is 6.92 Å². The molecule has 0 saturated carbocycles. The van der Waals surface area contributed by atoms with Crippen molar-refractivity contribution in [1.29, 1.82) is 0 Å². The molecule has 23 heavy (non-hydrogen) atoms. The third-order valence-corrected chi connectivity index (χ3v) is 5.39. The van der Waals surface area contributed by atoms with Gasteiger partial charge in [-0.3, -0.25) is 0 Å². The lowest BCUT2D eigenvalue weighted by molar-refractivity contribution is 0.0717. The number of ether oxygens (including phenoxy) is 2. The highest BCUT2D eigenvalue weighted by Crippen LogP contribution is 2.34. The number of rotatable bonds is 3. The molecule has 0 saturated heterocycles. The van der Waals surface area contributed by atoms with Gasteiger partial charge in [0, 0.05) is 18.2 Å². The fourth-order valence-electron chi connectivity index (χ4n) is 2.47. The van der Waals surface area contributed by atoms with Crippen molar-refractivity contribution in [2.75, 3.05) is 12.4 Å². The molecule has 1 aliphatic heterocycles. The first-order valence-corrected chi connectivity index (χ1v) is 8.82. The van der Waals surface area contributed by atoms with Crippen LogP contribution in [0.15, 0.2) is 29.3 Å². The quantitative estimate of drug-likeness (QED) is 0.791.